The van der Waals surface area contributed by atoms with Gasteiger partial charge in [-0.2, -0.15) is 0 Å². The fraction of sp³-hybridized carbons (Fsp3) is 0.286. The Morgan fingerprint density at radius 2 is 1.85 bits per heavy atom. The zero-order chi connectivity index (χ0) is 18.8. The Hall–Kier alpha value is -1.59. The number of benzene rings is 2. The average Bonchev–Trinajstić information content (AvgIpc) is 3.00. The number of nitrogens with one attached hydrogen (secondary N) is 1. The summed E-state index contributed by atoms with van der Waals surface area (Å²) in [7, 11) is 0. The van der Waals surface area contributed by atoms with Crippen molar-refractivity contribution in [2.24, 2.45) is 0 Å². The molecule has 2 heterocycles. The van der Waals surface area contributed by atoms with E-state index in [9.17, 15) is 4.79 Å². The maximum Gasteiger partial charge on any atom is 0.263 e. The van der Waals surface area contributed by atoms with Gasteiger partial charge in [0.05, 0.1) is 5.02 Å². The highest BCUT2D eigenvalue weighted by molar-refractivity contribution is 7.21. The SMILES string of the molecule is O=C(NC1CCN(Cc2ccccc2)CC1)c1sc2cc(Cl)ccc2c1Cl. The summed E-state index contributed by atoms with van der Waals surface area (Å²) < 4.78 is 0.940. The summed E-state index contributed by atoms with van der Waals surface area (Å²) in [5.74, 6) is -0.0844. The number of hydrogen-bond donors (Lipinski definition) is 1. The number of rotatable bonds is 4. The second-order valence-corrected chi connectivity index (χ2v) is 8.76. The first-order valence-corrected chi connectivity index (χ1v) is 10.6. The Bertz CT molecular complexity index is 949. The summed E-state index contributed by atoms with van der Waals surface area (Å²) >= 11 is 13.9. The van der Waals surface area contributed by atoms with Crippen LogP contribution < -0.4 is 5.32 Å². The molecule has 6 heteroatoms. The summed E-state index contributed by atoms with van der Waals surface area (Å²) in [4.78, 5) is 15.7. The molecule has 0 unspecified atom stereocenters. The fourth-order valence-electron chi connectivity index (χ4n) is 3.51. The largest absolute Gasteiger partial charge is 0.348 e. The highest BCUT2D eigenvalue weighted by atomic mass is 35.5. The van der Waals surface area contributed by atoms with Gasteiger partial charge in [0.15, 0.2) is 0 Å². The summed E-state index contributed by atoms with van der Waals surface area (Å²) in [5.41, 5.74) is 1.33. The van der Waals surface area contributed by atoms with E-state index >= 15 is 0 Å². The van der Waals surface area contributed by atoms with Gasteiger partial charge in [0.1, 0.15) is 4.88 Å². The van der Waals surface area contributed by atoms with E-state index in [1.165, 1.54) is 16.9 Å². The predicted octanol–water partition coefficient (Wildman–Crippen LogP) is 5.60. The Labute approximate surface area is 172 Å². The average molecular weight is 419 g/mol. The maximum absolute atomic E-state index is 12.7. The second-order valence-electron chi connectivity index (χ2n) is 6.90. The molecule has 1 aliphatic rings. The van der Waals surface area contributed by atoms with Crippen molar-refractivity contribution in [3.05, 3.63) is 69.0 Å². The normalized spacial score (nSPS) is 15.9. The van der Waals surface area contributed by atoms with Crippen LogP contribution in [0.2, 0.25) is 10.0 Å². The van der Waals surface area contributed by atoms with Crippen LogP contribution in [-0.4, -0.2) is 29.9 Å². The molecule has 0 bridgehead atoms. The molecular weight excluding hydrogens is 399 g/mol. The Morgan fingerprint density at radius 3 is 2.59 bits per heavy atom. The van der Waals surface area contributed by atoms with Crippen LogP contribution in [0, 0.1) is 0 Å². The molecule has 0 atom stereocenters. The molecule has 0 spiro atoms. The van der Waals surface area contributed by atoms with Crippen LogP contribution in [0.25, 0.3) is 10.1 Å². The molecule has 0 aliphatic carbocycles. The van der Waals surface area contributed by atoms with E-state index in [4.69, 9.17) is 23.2 Å². The third kappa shape index (κ3) is 4.30. The van der Waals surface area contributed by atoms with Crippen molar-refractivity contribution in [1.29, 1.82) is 0 Å². The summed E-state index contributed by atoms with van der Waals surface area (Å²) in [5, 5.41) is 5.22. The van der Waals surface area contributed by atoms with Crippen molar-refractivity contribution in [3.63, 3.8) is 0 Å². The first-order chi connectivity index (χ1) is 13.1. The lowest BCUT2D eigenvalue weighted by Gasteiger charge is -2.32. The molecular formula is C21H20Cl2N2OS. The van der Waals surface area contributed by atoms with Gasteiger partial charge in [-0.05, 0) is 30.5 Å². The van der Waals surface area contributed by atoms with E-state index in [2.05, 4.69) is 34.5 Å². The van der Waals surface area contributed by atoms with Gasteiger partial charge < -0.3 is 5.32 Å². The molecule has 0 radical (unpaired) electrons. The minimum absolute atomic E-state index is 0.0844. The van der Waals surface area contributed by atoms with Crippen molar-refractivity contribution >= 4 is 50.5 Å². The predicted molar refractivity (Wildman–Crippen MR) is 114 cm³/mol. The lowest BCUT2D eigenvalue weighted by atomic mass is 10.0. The second kappa shape index (κ2) is 8.19. The van der Waals surface area contributed by atoms with Crippen LogP contribution in [0.4, 0.5) is 0 Å². The molecule has 1 aromatic heterocycles. The van der Waals surface area contributed by atoms with Crippen LogP contribution in [0.1, 0.15) is 28.1 Å². The van der Waals surface area contributed by atoms with Crippen LogP contribution in [-0.2, 0) is 6.54 Å². The third-order valence-corrected chi connectivity index (χ3v) is 6.86. The number of fused-ring (bicyclic) bond motifs is 1. The molecule has 2 aromatic carbocycles. The number of thiophene rings is 1. The van der Waals surface area contributed by atoms with Gasteiger partial charge in [-0.25, -0.2) is 0 Å². The van der Waals surface area contributed by atoms with Crippen molar-refractivity contribution in [2.45, 2.75) is 25.4 Å². The zero-order valence-corrected chi connectivity index (χ0v) is 17.1. The first kappa shape index (κ1) is 18.8. The quantitative estimate of drug-likeness (QED) is 0.597. The number of amides is 1. The number of carbonyl (C=O) groups is 1. The minimum atomic E-state index is -0.0844. The highest BCUT2D eigenvalue weighted by Gasteiger charge is 2.24. The van der Waals surface area contributed by atoms with E-state index in [0.717, 1.165) is 42.6 Å². The summed E-state index contributed by atoms with van der Waals surface area (Å²) in [6, 6.07) is 16.2. The lowest BCUT2D eigenvalue weighted by molar-refractivity contribution is 0.0913. The molecule has 3 aromatic rings. The Morgan fingerprint density at radius 1 is 1.11 bits per heavy atom. The van der Waals surface area contributed by atoms with E-state index in [0.29, 0.717) is 14.9 Å². The zero-order valence-electron chi connectivity index (χ0n) is 14.8. The smallest absolute Gasteiger partial charge is 0.263 e. The number of likely N-dealkylation sites (tertiary alicyclic amines) is 1. The Kier molecular flexibility index (Phi) is 5.69. The molecule has 27 heavy (non-hydrogen) atoms. The van der Waals surface area contributed by atoms with Crippen LogP contribution in [0.15, 0.2) is 48.5 Å². The van der Waals surface area contributed by atoms with Crippen molar-refractivity contribution in [1.82, 2.24) is 10.2 Å². The Balaban J connectivity index is 1.36. The topological polar surface area (TPSA) is 32.3 Å². The van der Waals surface area contributed by atoms with E-state index in [-0.39, 0.29) is 11.9 Å². The molecule has 0 saturated carbocycles. The molecule has 1 saturated heterocycles. The van der Waals surface area contributed by atoms with Crippen molar-refractivity contribution in [3.8, 4) is 0 Å². The monoisotopic (exact) mass is 418 g/mol. The molecule has 4 rings (SSSR count). The van der Waals surface area contributed by atoms with Gasteiger partial charge in [-0.15, -0.1) is 11.3 Å². The molecule has 140 valence electrons. The van der Waals surface area contributed by atoms with Gasteiger partial charge in [-0.1, -0.05) is 59.6 Å². The van der Waals surface area contributed by atoms with Crippen LogP contribution >= 0.6 is 34.5 Å². The fourth-order valence-corrected chi connectivity index (χ4v) is 5.21. The maximum atomic E-state index is 12.7. The van der Waals surface area contributed by atoms with Crippen molar-refractivity contribution < 1.29 is 4.79 Å². The number of carbonyl (C=O) groups excluding carboxylic acids is 1. The number of nitrogens with zero attached hydrogens (tertiary/aromatic N) is 1. The minimum Gasteiger partial charge on any atom is -0.348 e. The lowest BCUT2D eigenvalue weighted by Crippen LogP contribution is -2.44. The summed E-state index contributed by atoms with van der Waals surface area (Å²) in [6.07, 6.45) is 1.90. The molecule has 3 nitrogen and oxygen atoms in total. The molecule has 1 N–H and O–H groups in total. The molecule has 1 aliphatic heterocycles. The summed E-state index contributed by atoms with van der Waals surface area (Å²) in [6.45, 7) is 2.93. The molecule has 1 fully saturated rings. The third-order valence-electron chi connectivity index (χ3n) is 4.97. The number of hydrogen-bond acceptors (Lipinski definition) is 3. The van der Waals surface area contributed by atoms with Crippen LogP contribution in [0.5, 0.6) is 0 Å². The van der Waals surface area contributed by atoms with Gasteiger partial charge in [0.25, 0.3) is 5.91 Å². The van der Waals surface area contributed by atoms with Crippen LogP contribution in [0.3, 0.4) is 0 Å². The van der Waals surface area contributed by atoms with Gasteiger partial charge in [0.2, 0.25) is 0 Å². The van der Waals surface area contributed by atoms with E-state index in [1.54, 1.807) is 6.07 Å². The van der Waals surface area contributed by atoms with Crippen molar-refractivity contribution in [2.75, 3.05) is 13.1 Å². The van der Waals surface area contributed by atoms with Gasteiger partial charge in [0, 0.05) is 40.8 Å². The van der Waals surface area contributed by atoms with E-state index in [1.807, 2.05) is 18.2 Å². The first-order valence-electron chi connectivity index (χ1n) is 9.05. The van der Waals surface area contributed by atoms with Gasteiger partial charge >= 0.3 is 0 Å². The molecule has 1 amide bonds. The number of piperidine rings is 1. The number of halogens is 2. The van der Waals surface area contributed by atoms with E-state index < -0.39 is 0 Å². The standard InChI is InChI=1S/C21H20Cl2N2OS/c22-15-6-7-17-18(12-15)27-20(19(17)23)21(26)24-16-8-10-25(11-9-16)13-14-4-2-1-3-5-14/h1-7,12,16H,8-11,13H2,(H,24,26). The van der Waals surface area contributed by atoms with Gasteiger partial charge in [-0.3, -0.25) is 9.69 Å². The highest BCUT2D eigenvalue weighted by Crippen LogP contribution is 2.36.